The topological polar surface area (TPSA) is 17.1 Å². The van der Waals surface area contributed by atoms with Crippen LogP contribution in [0.25, 0.3) is 0 Å². The third kappa shape index (κ3) is 8.98. The van der Waals surface area contributed by atoms with Crippen molar-refractivity contribution in [1.29, 1.82) is 0 Å². The van der Waals surface area contributed by atoms with Crippen molar-refractivity contribution in [3.8, 4) is 0 Å². The zero-order valence-electron chi connectivity index (χ0n) is 9.63. The number of hydrogen-bond acceptors (Lipinski definition) is 1. The Morgan fingerprint density at radius 1 is 1.14 bits per heavy atom. The van der Waals surface area contributed by atoms with Crippen LogP contribution in [0.3, 0.4) is 0 Å². The summed E-state index contributed by atoms with van der Waals surface area (Å²) in [6, 6.07) is 0. The van der Waals surface area contributed by atoms with Crippen LogP contribution < -0.4 is 0 Å². The summed E-state index contributed by atoms with van der Waals surface area (Å²) < 4.78 is 0. The summed E-state index contributed by atoms with van der Waals surface area (Å²) in [5, 5.41) is 0. The van der Waals surface area contributed by atoms with Crippen molar-refractivity contribution in [3.63, 3.8) is 0 Å². The Morgan fingerprint density at radius 2 is 1.79 bits per heavy atom. The van der Waals surface area contributed by atoms with Crippen LogP contribution in [0.1, 0.15) is 40.5 Å². The van der Waals surface area contributed by atoms with Crippen LogP contribution in [0.2, 0.25) is 0 Å². The molecule has 0 aliphatic rings. The van der Waals surface area contributed by atoms with Crippen molar-refractivity contribution >= 4 is 5.78 Å². The molecule has 0 saturated carbocycles. The summed E-state index contributed by atoms with van der Waals surface area (Å²) in [6.45, 7) is 7.82. The Hall–Kier alpha value is -1.11. The summed E-state index contributed by atoms with van der Waals surface area (Å²) in [5.74, 6) is 0.252. The average Bonchev–Trinajstić information content (AvgIpc) is 2.02. The van der Waals surface area contributed by atoms with Gasteiger partial charge in [0.15, 0.2) is 0 Å². The standard InChI is InChI=1S/C13H20O/c1-11(2)7-5-8-12(3)9-6-10-13(4)14/h5,7-9H,6,10H2,1-4H3. The largest absolute Gasteiger partial charge is 0.300 e. The zero-order chi connectivity index (χ0) is 11.0. The number of ketones is 1. The van der Waals surface area contributed by atoms with Crippen LogP contribution in [0.15, 0.2) is 35.5 Å². The molecule has 0 rings (SSSR count). The van der Waals surface area contributed by atoms with Gasteiger partial charge in [0, 0.05) is 6.42 Å². The van der Waals surface area contributed by atoms with Crippen molar-refractivity contribution in [2.24, 2.45) is 0 Å². The molecule has 14 heavy (non-hydrogen) atoms. The van der Waals surface area contributed by atoms with Crippen molar-refractivity contribution in [2.75, 3.05) is 0 Å². The first-order chi connectivity index (χ1) is 6.52. The molecular weight excluding hydrogens is 172 g/mol. The molecule has 78 valence electrons. The van der Waals surface area contributed by atoms with Gasteiger partial charge in [0.05, 0.1) is 0 Å². The molecule has 1 nitrogen and oxygen atoms in total. The highest BCUT2D eigenvalue weighted by Crippen LogP contribution is 2.01. The minimum absolute atomic E-state index is 0.252. The van der Waals surface area contributed by atoms with E-state index < -0.39 is 0 Å². The van der Waals surface area contributed by atoms with Crippen LogP contribution >= 0.6 is 0 Å². The van der Waals surface area contributed by atoms with Crippen molar-refractivity contribution in [1.82, 2.24) is 0 Å². The molecule has 0 aromatic carbocycles. The van der Waals surface area contributed by atoms with Gasteiger partial charge < -0.3 is 4.79 Å². The van der Waals surface area contributed by atoms with Crippen molar-refractivity contribution < 1.29 is 4.79 Å². The molecule has 0 atom stereocenters. The Kier molecular flexibility index (Phi) is 6.73. The number of carbonyl (C=O) groups excluding carboxylic acids is 1. The predicted octanol–water partition coefficient (Wildman–Crippen LogP) is 3.82. The number of allylic oxidation sites excluding steroid dienone is 6. The lowest BCUT2D eigenvalue weighted by Crippen LogP contribution is -1.86. The molecule has 0 amide bonds. The fourth-order valence-corrected chi connectivity index (χ4v) is 0.963. The smallest absolute Gasteiger partial charge is 0.130 e. The molecule has 0 heterocycles. The second-order valence-corrected chi connectivity index (χ2v) is 3.79. The van der Waals surface area contributed by atoms with E-state index in [4.69, 9.17) is 0 Å². The molecule has 0 aliphatic carbocycles. The quantitative estimate of drug-likeness (QED) is 0.605. The first-order valence-electron chi connectivity index (χ1n) is 5.00. The number of carbonyl (C=O) groups is 1. The van der Waals surface area contributed by atoms with E-state index in [0.717, 1.165) is 6.42 Å². The van der Waals surface area contributed by atoms with E-state index in [1.807, 2.05) is 6.08 Å². The first-order valence-corrected chi connectivity index (χ1v) is 5.00. The molecule has 0 saturated heterocycles. The highest BCUT2D eigenvalue weighted by molar-refractivity contribution is 5.75. The van der Waals surface area contributed by atoms with Gasteiger partial charge in [0.1, 0.15) is 5.78 Å². The molecule has 0 aromatic heterocycles. The van der Waals surface area contributed by atoms with E-state index in [-0.39, 0.29) is 5.78 Å². The van der Waals surface area contributed by atoms with Gasteiger partial charge in [-0.15, -0.1) is 0 Å². The van der Waals surface area contributed by atoms with E-state index in [1.165, 1.54) is 11.1 Å². The maximum absolute atomic E-state index is 10.7. The Labute approximate surface area is 87.2 Å². The monoisotopic (exact) mass is 192 g/mol. The SMILES string of the molecule is CC(=O)CCC=C(C)C=CC=C(C)C. The second-order valence-electron chi connectivity index (χ2n) is 3.79. The molecule has 0 spiro atoms. The molecular formula is C13H20O. The molecule has 0 fully saturated rings. The Bertz CT molecular complexity index is 263. The van der Waals surface area contributed by atoms with E-state index in [0.29, 0.717) is 6.42 Å². The Balaban J connectivity index is 3.94. The fourth-order valence-electron chi connectivity index (χ4n) is 0.963. The summed E-state index contributed by atoms with van der Waals surface area (Å²) in [7, 11) is 0. The van der Waals surface area contributed by atoms with Gasteiger partial charge in [-0.05, 0) is 34.1 Å². The molecule has 0 aliphatic heterocycles. The summed E-state index contributed by atoms with van der Waals surface area (Å²) in [5.41, 5.74) is 2.50. The molecule has 1 heteroatoms. The normalized spacial score (nSPS) is 11.9. The van der Waals surface area contributed by atoms with Crippen LogP contribution in [-0.4, -0.2) is 5.78 Å². The van der Waals surface area contributed by atoms with Crippen LogP contribution in [-0.2, 0) is 4.79 Å². The van der Waals surface area contributed by atoms with Gasteiger partial charge in [0.2, 0.25) is 0 Å². The van der Waals surface area contributed by atoms with E-state index in [9.17, 15) is 4.79 Å². The fraction of sp³-hybridized carbons (Fsp3) is 0.462. The van der Waals surface area contributed by atoms with Crippen molar-refractivity contribution in [3.05, 3.63) is 35.5 Å². The van der Waals surface area contributed by atoms with Gasteiger partial charge in [-0.2, -0.15) is 0 Å². The molecule has 0 N–H and O–H groups in total. The third-order valence-electron chi connectivity index (χ3n) is 1.75. The first kappa shape index (κ1) is 12.9. The van der Waals surface area contributed by atoms with Crippen LogP contribution in [0.4, 0.5) is 0 Å². The van der Waals surface area contributed by atoms with Gasteiger partial charge in [0.25, 0.3) is 0 Å². The highest BCUT2D eigenvalue weighted by atomic mass is 16.1. The molecule has 0 radical (unpaired) electrons. The number of Topliss-reactive ketones (excluding diaryl/α,β-unsaturated/α-hetero) is 1. The summed E-state index contributed by atoms with van der Waals surface area (Å²) in [4.78, 5) is 10.7. The lowest BCUT2D eigenvalue weighted by Gasteiger charge is -1.92. The van der Waals surface area contributed by atoms with E-state index >= 15 is 0 Å². The minimum Gasteiger partial charge on any atom is -0.300 e. The summed E-state index contributed by atoms with van der Waals surface area (Å²) >= 11 is 0. The average molecular weight is 192 g/mol. The third-order valence-corrected chi connectivity index (χ3v) is 1.75. The van der Waals surface area contributed by atoms with E-state index in [2.05, 4.69) is 39.0 Å². The second kappa shape index (κ2) is 7.31. The molecule has 0 unspecified atom stereocenters. The van der Waals surface area contributed by atoms with Gasteiger partial charge in [-0.3, -0.25) is 0 Å². The van der Waals surface area contributed by atoms with Gasteiger partial charge in [-0.25, -0.2) is 0 Å². The predicted molar refractivity (Wildman–Crippen MR) is 62.2 cm³/mol. The van der Waals surface area contributed by atoms with Crippen molar-refractivity contribution in [2.45, 2.75) is 40.5 Å². The van der Waals surface area contributed by atoms with Gasteiger partial charge >= 0.3 is 0 Å². The lowest BCUT2D eigenvalue weighted by atomic mass is 10.1. The van der Waals surface area contributed by atoms with Gasteiger partial charge in [-0.1, -0.05) is 35.5 Å². The number of rotatable bonds is 5. The highest BCUT2D eigenvalue weighted by Gasteiger charge is 1.89. The van der Waals surface area contributed by atoms with E-state index in [1.54, 1.807) is 6.92 Å². The summed E-state index contributed by atoms with van der Waals surface area (Å²) in [6.07, 6.45) is 9.76. The maximum Gasteiger partial charge on any atom is 0.130 e. The zero-order valence-corrected chi connectivity index (χ0v) is 9.63. The molecule has 0 bridgehead atoms. The molecule has 0 aromatic rings. The maximum atomic E-state index is 10.7. The van der Waals surface area contributed by atoms with Crippen LogP contribution in [0, 0.1) is 0 Å². The van der Waals surface area contributed by atoms with Crippen LogP contribution in [0.5, 0.6) is 0 Å². The minimum atomic E-state index is 0.252. The Morgan fingerprint density at radius 3 is 2.29 bits per heavy atom. The number of hydrogen-bond donors (Lipinski definition) is 0. The lowest BCUT2D eigenvalue weighted by molar-refractivity contribution is -0.116.